The lowest BCUT2D eigenvalue weighted by molar-refractivity contribution is -0.115. The third kappa shape index (κ3) is 8.28. The smallest absolute Gasteiger partial charge is 0.272 e. The van der Waals surface area contributed by atoms with Gasteiger partial charge in [0.15, 0.2) is 0 Å². The summed E-state index contributed by atoms with van der Waals surface area (Å²) in [7, 11) is 0. The summed E-state index contributed by atoms with van der Waals surface area (Å²) in [6.45, 7) is 6.13. The Hall–Kier alpha value is -5.14. The predicted molar refractivity (Wildman–Crippen MR) is 185 cm³/mol. The predicted octanol–water partition coefficient (Wildman–Crippen LogP) is 8.49. The van der Waals surface area contributed by atoms with E-state index < -0.39 is 5.91 Å². The maximum atomic E-state index is 13.6. The van der Waals surface area contributed by atoms with Crippen molar-refractivity contribution in [3.8, 4) is 0 Å². The lowest BCUT2D eigenvalue weighted by atomic mass is 10.0. The summed E-state index contributed by atoms with van der Waals surface area (Å²) in [5.74, 6) is -0.500. The summed E-state index contributed by atoms with van der Waals surface area (Å²) in [5.41, 5.74) is 3.91. The van der Waals surface area contributed by atoms with Gasteiger partial charge >= 0.3 is 0 Å². The van der Waals surface area contributed by atoms with E-state index in [1.165, 1.54) is 17.3 Å². The molecule has 0 heterocycles. The first kappa shape index (κ1) is 31.3. The zero-order chi connectivity index (χ0) is 31.8. The molecule has 0 spiro atoms. The molecule has 0 saturated carbocycles. The van der Waals surface area contributed by atoms with Gasteiger partial charge in [0, 0.05) is 21.8 Å². The Balaban J connectivity index is 1.28. The van der Waals surface area contributed by atoms with Gasteiger partial charge in [-0.25, -0.2) is 0 Å². The normalized spacial score (nSPS) is 12.0. The topological polar surface area (TPSA) is 87.3 Å². The maximum Gasteiger partial charge on any atom is 0.272 e. The largest absolute Gasteiger partial charge is 0.325 e. The molecule has 7 heteroatoms. The summed E-state index contributed by atoms with van der Waals surface area (Å²) < 4.78 is 0. The van der Waals surface area contributed by atoms with Crippen molar-refractivity contribution in [3.63, 3.8) is 0 Å². The van der Waals surface area contributed by atoms with Crippen LogP contribution in [-0.4, -0.2) is 23.0 Å². The van der Waals surface area contributed by atoms with E-state index in [1.54, 1.807) is 42.5 Å². The second kappa shape index (κ2) is 14.6. The fourth-order valence-corrected chi connectivity index (χ4v) is 5.61. The van der Waals surface area contributed by atoms with Gasteiger partial charge in [-0.1, -0.05) is 86.6 Å². The third-order valence-electron chi connectivity index (χ3n) is 7.29. The van der Waals surface area contributed by atoms with Crippen molar-refractivity contribution >= 4 is 57.7 Å². The number of hydrogen-bond acceptors (Lipinski definition) is 4. The highest BCUT2D eigenvalue weighted by Crippen LogP contribution is 2.27. The first-order chi connectivity index (χ1) is 21.8. The molecule has 0 saturated heterocycles. The van der Waals surface area contributed by atoms with Crippen molar-refractivity contribution in [1.82, 2.24) is 5.32 Å². The Morgan fingerprint density at radius 2 is 1.29 bits per heavy atom. The van der Waals surface area contributed by atoms with Crippen LogP contribution < -0.4 is 16.0 Å². The summed E-state index contributed by atoms with van der Waals surface area (Å²) in [6.07, 6.45) is 1.69. The molecule has 6 nitrogen and oxygen atoms in total. The van der Waals surface area contributed by atoms with Crippen LogP contribution in [0.1, 0.15) is 48.2 Å². The van der Waals surface area contributed by atoms with E-state index >= 15 is 0 Å². The van der Waals surface area contributed by atoms with Crippen LogP contribution in [0, 0.1) is 0 Å². The van der Waals surface area contributed by atoms with Crippen LogP contribution in [0.15, 0.2) is 132 Å². The minimum atomic E-state index is -0.455. The van der Waals surface area contributed by atoms with Gasteiger partial charge in [-0.15, -0.1) is 11.8 Å². The number of carbonyl (C=O) groups is 3. The Morgan fingerprint density at radius 3 is 2.00 bits per heavy atom. The van der Waals surface area contributed by atoms with Crippen LogP contribution in [0.25, 0.3) is 16.8 Å². The Bertz CT molecular complexity index is 1830. The van der Waals surface area contributed by atoms with Crippen molar-refractivity contribution in [2.45, 2.75) is 36.8 Å². The summed E-state index contributed by atoms with van der Waals surface area (Å²) >= 11 is 1.43. The minimum absolute atomic E-state index is 0.0907. The molecular weight excluding hydrogens is 579 g/mol. The third-order valence-corrected chi connectivity index (χ3v) is 8.40. The van der Waals surface area contributed by atoms with Crippen molar-refractivity contribution in [3.05, 3.63) is 144 Å². The molecule has 5 aromatic carbocycles. The van der Waals surface area contributed by atoms with Crippen LogP contribution in [0.4, 0.5) is 11.4 Å². The number of rotatable bonds is 10. The van der Waals surface area contributed by atoms with Crippen molar-refractivity contribution in [2.75, 3.05) is 10.6 Å². The van der Waals surface area contributed by atoms with Gasteiger partial charge in [-0.05, 0) is 89.3 Å². The number of thioether (sulfide) groups is 1. The molecule has 0 aromatic heterocycles. The lowest BCUT2D eigenvalue weighted by Gasteiger charge is -2.14. The number of carbonyl (C=O) groups excluding carboxylic acids is 3. The highest BCUT2D eigenvalue weighted by Gasteiger charge is 2.17. The molecule has 45 heavy (non-hydrogen) atoms. The fraction of sp³-hybridized carbons (Fsp3) is 0.132. The van der Waals surface area contributed by atoms with Crippen molar-refractivity contribution < 1.29 is 14.4 Å². The zero-order valence-electron chi connectivity index (χ0n) is 25.4. The van der Waals surface area contributed by atoms with Gasteiger partial charge in [0.25, 0.3) is 11.8 Å². The van der Waals surface area contributed by atoms with Gasteiger partial charge in [-0.2, -0.15) is 0 Å². The first-order valence-corrected chi connectivity index (χ1v) is 15.7. The van der Waals surface area contributed by atoms with Crippen LogP contribution in [0.5, 0.6) is 0 Å². The standard InChI is InChI=1S/C38H35N3O3S/c1-25(2)27-16-18-31(19-17-27)39-36(42)26(3)45-33-22-20-32(21-23-33)40-38(44)35(41-37(43)29-11-5-4-6-12-29)24-30-14-9-13-28-10-7-8-15-34(28)30/h4-26H,1-3H3,(H,39,42)(H,40,44)(H,41,43)/b35-24-. The molecule has 0 aliphatic rings. The number of nitrogens with one attached hydrogen (secondary N) is 3. The molecular formula is C38H35N3O3S. The lowest BCUT2D eigenvalue weighted by Crippen LogP contribution is -2.30. The molecule has 1 unspecified atom stereocenters. The molecule has 3 amide bonds. The van der Waals surface area contributed by atoms with Gasteiger partial charge < -0.3 is 16.0 Å². The molecule has 0 fully saturated rings. The van der Waals surface area contributed by atoms with Crippen molar-refractivity contribution in [2.24, 2.45) is 0 Å². The van der Waals surface area contributed by atoms with E-state index in [0.29, 0.717) is 17.2 Å². The van der Waals surface area contributed by atoms with E-state index in [0.717, 1.165) is 26.9 Å². The van der Waals surface area contributed by atoms with E-state index in [1.807, 2.05) is 91.9 Å². The van der Waals surface area contributed by atoms with Crippen LogP contribution in [-0.2, 0) is 9.59 Å². The summed E-state index contributed by atoms with van der Waals surface area (Å²) in [6, 6.07) is 37.7. The number of amides is 3. The highest BCUT2D eigenvalue weighted by atomic mass is 32.2. The second-order valence-electron chi connectivity index (χ2n) is 11.0. The zero-order valence-corrected chi connectivity index (χ0v) is 26.2. The van der Waals surface area contributed by atoms with Gasteiger partial charge in [0.1, 0.15) is 5.70 Å². The Labute approximate surface area is 268 Å². The molecule has 0 radical (unpaired) electrons. The number of fused-ring (bicyclic) bond motifs is 1. The van der Waals surface area contributed by atoms with E-state index in [9.17, 15) is 14.4 Å². The Kier molecular flexibility index (Phi) is 10.1. The van der Waals surface area contributed by atoms with E-state index in [4.69, 9.17) is 0 Å². The summed E-state index contributed by atoms with van der Waals surface area (Å²) in [5, 5.41) is 10.3. The molecule has 5 aromatic rings. The molecule has 3 N–H and O–H groups in total. The average Bonchev–Trinajstić information content (AvgIpc) is 3.06. The summed E-state index contributed by atoms with van der Waals surface area (Å²) in [4.78, 5) is 40.3. The molecule has 1 atom stereocenters. The highest BCUT2D eigenvalue weighted by molar-refractivity contribution is 8.00. The monoisotopic (exact) mass is 613 g/mol. The Morgan fingerprint density at radius 1 is 0.667 bits per heavy atom. The fourth-order valence-electron chi connectivity index (χ4n) is 4.74. The van der Waals surface area contributed by atoms with Crippen LogP contribution >= 0.6 is 11.8 Å². The second-order valence-corrected chi connectivity index (χ2v) is 12.4. The van der Waals surface area contributed by atoms with E-state index in [-0.39, 0.29) is 22.8 Å². The van der Waals surface area contributed by atoms with E-state index in [2.05, 4.69) is 29.8 Å². The van der Waals surface area contributed by atoms with Crippen LogP contribution in [0.2, 0.25) is 0 Å². The molecule has 0 aliphatic carbocycles. The van der Waals surface area contributed by atoms with Crippen molar-refractivity contribution in [1.29, 1.82) is 0 Å². The molecule has 0 bridgehead atoms. The number of benzene rings is 5. The van der Waals surface area contributed by atoms with Crippen LogP contribution in [0.3, 0.4) is 0 Å². The SMILES string of the molecule is CC(Sc1ccc(NC(=O)/C(=C/c2cccc3ccccc23)NC(=O)c2ccccc2)cc1)C(=O)Nc1ccc(C(C)C)cc1. The van der Waals surface area contributed by atoms with Gasteiger partial charge in [-0.3, -0.25) is 14.4 Å². The van der Waals surface area contributed by atoms with Gasteiger partial charge in [0.2, 0.25) is 5.91 Å². The molecule has 226 valence electrons. The number of anilines is 2. The number of hydrogen-bond donors (Lipinski definition) is 3. The molecule has 0 aliphatic heterocycles. The van der Waals surface area contributed by atoms with Gasteiger partial charge in [0.05, 0.1) is 5.25 Å². The molecule has 5 rings (SSSR count). The minimum Gasteiger partial charge on any atom is -0.325 e. The maximum absolute atomic E-state index is 13.6. The average molecular weight is 614 g/mol. The quantitative estimate of drug-likeness (QED) is 0.109. The first-order valence-electron chi connectivity index (χ1n) is 14.8.